The number of nitrogen functional groups attached to an aromatic ring is 1. The van der Waals surface area contributed by atoms with E-state index in [-0.39, 0.29) is 5.84 Å². The largest absolute Gasteiger partial charge is 0.457 e. The predicted molar refractivity (Wildman–Crippen MR) is 90.1 cm³/mol. The number of hydrogen-bond acceptors (Lipinski definition) is 3. The average Bonchev–Trinajstić information content (AvgIpc) is 2.43. The van der Waals surface area contributed by atoms with Crippen molar-refractivity contribution in [3.63, 3.8) is 0 Å². The Hall–Kier alpha value is -1.65. The topological polar surface area (TPSA) is 59.1 Å². The minimum Gasteiger partial charge on any atom is -0.457 e. The molecule has 0 aromatic heterocycles. The Labute approximate surface area is 134 Å². The zero-order valence-electron chi connectivity index (χ0n) is 11.9. The molecule has 3 N–H and O–H groups in total. The van der Waals surface area contributed by atoms with Crippen LogP contribution in [0.1, 0.15) is 18.1 Å². The van der Waals surface area contributed by atoms with E-state index in [1.807, 2.05) is 31.2 Å². The van der Waals surface area contributed by atoms with Crippen molar-refractivity contribution in [1.29, 1.82) is 5.41 Å². The second-order valence-electron chi connectivity index (χ2n) is 4.49. The summed E-state index contributed by atoms with van der Waals surface area (Å²) in [6, 6.07) is 11.1. The highest BCUT2D eigenvalue weighted by Gasteiger charge is 2.13. The maximum Gasteiger partial charge on any atom is 0.139 e. The molecule has 0 bridgehead atoms. The van der Waals surface area contributed by atoms with Gasteiger partial charge in [0.25, 0.3) is 0 Å². The van der Waals surface area contributed by atoms with Gasteiger partial charge < -0.3 is 10.5 Å². The SMILES string of the molecule is CCSc1cccc(Oc2ccc(Cl)c(C)c2)c1C(=N)N. The van der Waals surface area contributed by atoms with Crippen LogP contribution in [-0.2, 0) is 0 Å². The molecule has 2 aromatic rings. The van der Waals surface area contributed by atoms with Gasteiger partial charge in [-0.25, -0.2) is 0 Å². The van der Waals surface area contributed by atoms with Gasteiger partial charge in [0.1, 0.15) is 17.3 Å². The van der Waals surface area contributed by atoms with Gasteiger partial charge in [-0.3, -0.25) is 5.41 Å². The van der Waals surface area contributed by atoms with Crippen molar-refractivity contribution in [2.75, 3.05) is 5.75 Å². The van der Waals surface area contributed by atoms with Gasteiger partial charge in [0, 0.05) is 9.92 Å². The monoisotopic (exact) mass is 320 g/mol. The van der Waals surface area contributed by atoms with Crippen LogP contribution in [0.15, 0.2) is 41.3 Å². The van der Waals surface area contributed by atoms with Crippen LogP contribution in [0.5, 0.6) is 11.5 Å². The summed E-state index contributed by atoms with van der Waals surface area (Å²) in [5.74, 6) is 2.18. The van der Waals surface area contributed by atoms with Crippen LogP contribution in [0.3, 0.4) is 0 Å². The van der Waals surface area contributed by atoms with Crippen LogP contribution in [0.2, 0.25) is 5.02 Å². The number of rotatable bonds is 5. The maximum atomic E-state index is 7.80. The van der Waals surface area contributed by atoms with E-state index in [0.29, 0.717) is 22.1 Å². The van der Waals surface area contributed by atoms with Gasteiger partial charge in [0.2, 0.25) is 0 Å². The van der Waals surface area contributed by atoms with Gasteiger partial charge in [-0.1, -0.05) is 24.6 Å². The van der Waals surface area contributed by atoms with E-state index in [0.717, 1.165) is 16.2 Å². The molecule has 2 aromatic carbocycles. The molecule has 0 aliphatic rings. The summed E-state index contributed by atoms with van der Waals surface area (Å²) in [6.07, 6.45) is 0. The molecule has 3 nitrogen and oxygen atoms in total. The fourth-order valence-corrected chi connectivity index (χ4v) is 2.90. The smallest absolute Gasteiger partial charge is 0.139 e. The van der Waals surface area contributed by atoms with Crippen LogP contribution >= 0.6 is 23.4 Å². The van der Waals surface area contributed by atoms with Crippen molar-refractivity contribution < 1.29 is 4.74 Å². The number of nitrogens with one attached hydrogen (secondary N) is 1. The van der Waals surface area contributed by atoms with Crippen molar-refractivity contribution in [3.8, 4) is 11.5 Å². The summed E-state index contributed by atoms with van der Waals surface area (Å²) in [4.78, 5) is 0.952. The number of amidine groups is 1. The Morgan fingerprint density at radius 3 is 2.71 bits per heavy atom. The van der Waals surface area contributed by atoms with E-state index in [9.17, 15) is 0 Å². The van der Waals surface area contributed by atoms with E-state index in [2.05, 4.69) is 6.92 Å². The maximum absolute atomic E-state index is 7.80. The molecule has 0 spiro atoms. The van der Waals surface area contributed by atoms with Crippen molar-refractivity contribution in [2.24, 2.45) is 5.73 Å². The summed E-state index contributed by atoms with van der Waals surface area (Å²) in [5.41, 5.74) is 7.30. The van der Waals surface area contributed by atoms with E-state index >= 15 is 0 Å². The predicted octanol–water partition coefficient (Wildman–Crippen LogP) is 4.84. The molecule has 0 amide bonds. The number of benzene rings is 2. The first-order valence-electron chi connectivity index (χ1n) is 6.57. The average molecular weight is 321 g/mol. The molecule has 0 fully saturated rings. The fraction of sp³-hybridized carbons (Fsp3) is 0.188. The highest BCUT2D eigenvalue weighted by Crippen LogP contribution is 2.33. The zero-order chi connectivity index (χ0) is 15.4. The van der Waals surface area contributed by atoms with Gasteiger partial charge >= 0.3 is 0 Å². The fourth-order valence-electron chi connectivity index (χ4n) is 1.94. The standard InChI is InChI=1S/C16H17ClN2OS/c1-3-21-14-6-4-5-13(15(14)16(18)19)20-11-7-8-12(17)10(2)9-11/h4-9H,3H2,1-2H3,(H3,18,19). The third-order valence-electron chi connectivity index (χ3n) is 2.91. The van der Waals surface area contributed by atoms with Crippen molar-refractivity contribution in [1.82, 2.24) is 0 Å². The molecular weight excluding hydrogens is 304 g/mol. The van der Waals surface area contributed by atoms with E-state index < -0.39 is 0 Å². The Bertz CT molecular complexity index is 673. The third-order valence-corrected chi connectivity index (χ3v) is 4.28. The number of nitrogens with two attached hydrogens (primary N) is 1. The molecule has 0 saturated carbocycles. The number of thioether (sulfide) groups is 1. The summed E-state index contributed by atoms with van der Waals surface area (Å²) >= 11 is 7.66. The van der Waals surface area contributed by atoms with Crippen LogP contribution < -0.4 is 10.5 Å². The van der Waals surface area contributed by atoms with Gasteiger partial charge in [-0.2, -0.15) is 0 Å². The lowest BCUT2D eigenvalue weighted by atomic mass is 10.2. The van der Waals surface area contributed by atoms with Gasteiger partial charge in [0.15, 0.2) is 0 Å². The van der Waals surface area contributed by atoms with E-state index in [1.165, 1.54) is 0 Å². The molecule has 0 heterocycles. The Balaban J connectivity index is 2.41. The molecule has 5 heteroatoms. The molecule has 110 valence electrons. The summed E-state index contributed by atoms with van der Waals surface area (Å²) in [6.45, 7) is 3.98. The molecule has 0 unspecified atom stereocenters. The highest BCUT2D eigenvalue weighted by molar-refractivity contribution is 7.99. The van der Waals surface area contributed by atoms with Crippen LogP contribution in [0.4, 0.5) is 0 Å². The third kappa shape index (κ3) is 3.71. The van der Waals surface area contributed by atoms with Crippen LogP contribution in [-0.4, -0.2) is 11.6 Å². The molecule has 0 atom stereocenters. The first kappa shape index (κ1) is 15.7. The minimum atomic E-state index is 0.00670. The molecule has 0 aliphatic heterocycles. The first-order chi connectivity index (χ1) is 10.0. The lowest BCUT2D eigenvalue weighted by Crippen LogP contribution is -2.13. The van der Waals surface area contributed by atoms with Crippen LogP contribution in [0, 0.1) is 12.3 Å². The Morgan fingerprint density at radius 2 is 2.10 bits per heavy atom. The van der Waals surface area contributed by atoms with Gasteiger partial charge in [0.05, 0.1) is 5.56 Å². The van der Waals surface area contributed by atoms with Gasteiger partial charge in [-0.05, 0) is 48.6 Å². The zero-order valence-corrected chi connectivity index (χ0v) is 13.5. The van der Waals surface area contributed by atoms with Crippen molar-refractivity contribution in [3.05, 3.63) is 52.5 Å². The summed E-state index contributed by atoms with van der Waals surface area (Å²) in [5, 5.41) is 8.50. The highest BCUT2D eigenvalue weighted by atomic mass is 35.5. The second-order valence-corrected chi connectivity index (χ2v) is 6.20. The summed E-state index contributed by atoms with van der Waals surface area (Å²) < 4.78 is 5.90. The Kier molecular flexibility index (Phi) is 5.15. The Morgan fingerprint density at radius 1 is 1.33 bits per heavy atom. The van der Waals surface area contributed by atoms with E-state index in [4.69, 9.17) is 27.5 Å². The molecule has 2 rings (SSSR count). The molecule has 0 radical (unpaired) electrons. The molecule has 0 aliphatic carbocycles. The molecule has 0 saturated heterocycles. The van der Waals surface area contributed by atoms with Crippen molar-refractivity contribution >= 4 is 29.2 Å². The quantitative estimate of drug-likeness (QED) is 0.471. The lowest BCUT2D eigenvalue weighted by molar-refractivity contribution is 0.479. The molecule has 21 heavy (non-hydrogen) atoms. The van der Waals surface area contributed by atoms with E-state index in [1.54, 1.807) is 23.9 Å². The second kappa shape index (κ2) is 6.87. The summed E-state index contributed by atoms with van der Waals surface area (Å²) in [7, 11) is 0. The molecular formula is C16H17ClN2OS. The number of ether oxygens (including phenoxy) is 1. The minimum absolute atomic E-state index is 0.00670. The van der Waals surface area contributed by atoms with Crippen LogP contribution in [0.25, 0.3) is 0 Å². The van der Waals surface area contributed by atoms with Crippen molar-refractivity contribution in [2.45, 2.75) is 18.7 Å². The van der Waals surface area contributed by atoms with Gasteiger partial charge in [-0.15, -0.1) is 11.8 Å². The first-order valence-corrected chi connectivity index (χ1v) is 7.93. The lowest BCUT2D eigenvalue weighted by Gasteiger charge is -2.14. The normalized spacial score (nSPS) is 10.4. The number of halogens is 1. The number of aryl methyl sites for hydroxylation is 1. The number of hydrogen-bond donors (Lipinski definition) is 2.